The molecule has 0 aliphatic heterocycles. The Balaban J connectivity index is 3.15. The Hall–Kier alpha value is -1.95. The fourth-order valence-corrected chi connectivity index (χ4v) is 2.47. The summed E-state index contributed by atoms with van der Waals surface area (Å²) in [5, 5.41) is 20.0. The second-order valence-electron chi connectivity index (χ2n) is 5.10. The Bertz CT molecular complexity index is 504. The van der Waals surface area contributed by atoms with E-state index in [9.17, 15) is 14.9 Å². The number of nitro groups is 1. The first kappa shape index (κ1) is 17.1. The zero-order valence-corrected chi connectivity index (χ0v) is 12.7. The van der Waals surface area contributed by atoms with Crippen LogP contribution in [0.4, 0.5) is 5.69 Å². The largest absolute Gasteiger partial charge is 0.480 e. The molecule has 0 aliphatic rings. The third-order valence-electron chi connectivity index (χ3n) is 3.73. The lowest BCUT2D eigenvalue weighted by molar-refractivity contribution is -0.385. The molecule has 0 aromatic heterocycles. The summed E-state index contributed by atoms with van der Waals surface area (Å²) in [6, 6.07) is 6.39. The summed E-state index contributed by atoms with van der Waals surface area (Å²) in [4.78, 5) is 23.5. The van der Waals surface area contributed by atoms with Crippen LogP contribution in [-0.4, -0.2) is 33.5 Å². The molecular formula is C15H22N2O4. The predicted octanol–water partition coefficient (Wildman–Crippen LogP) is 3.23. The van der Waals surface area contributed by atoms with Crippen molar-refractivity contribution in [3.8, 4) is 0 Å². The van der Waals surface area contributed by atoms with Crippen LogP contribution < -0.4 is 0 Å². The summed E-state index contributed by atoms with van der Waals surface area (Å²) >= 11 is 0. The van der Waals surface area contributed by atoms with E-state index in [4.69, 9.17) is 5.11 Å². The number of hydrogen-bond donors (Lipinski definition) is 1. The van der Waals surface area contributed by atoms with Gasteiger partial charge in [0.25, 0.3) is 5.69 Å². The fourth-order valence-electron chi connectivity index (χ4n) is 2.47. The summed E-state index contributed by atoms with van der Waals surface area (Å²) in [5.74, 6) is -0.890. The number of benzene rings is 1. The second-order valence-corrected chi connectivity index (χ2v) is 5.10. The van der Waals surface area contributed by atoms with Crippen LogP contribution in [0, 0.1) is 10.1 Å². The molecule has 2 unspecified atom stereocenters. The van der Waals surface area contributed by atoms with Gasteiger partial charge in [0.2, 0.25) is 0 Å². The number of carbonyl (C=O) groups is 1. The Morgan fingerprint density at radius 3 is 2.52 bits per heavy atom. The van der Waals surface area contributed by atoms with Gasteiger partial charge in [0.15, 0.2) is 0 Å². The van der Waals surface area contributed by atoms with E-state index in [1.165, 1.54) is 12.1 Å². The third kappa shape index (κ3) is 4.53. The van der Waals surface area contributed by atoms with Gasteiger partial charge in [-0.1, -0.05) is 26.0 Å². The van der Waals surface area contributed by atoms with Crippen LogP contribution >= 0.6 is 0 Å². The van der Waals surface area contributed by atoms with Crippen LogP contribution in [0.3, 0.4) is 0 Å². The summed E-state index contributed by atoms with van der Waals surface area (Å²) in [7, 11) is 0. The van der Waals surface area contributed by atoms with Gasteiger partial charge in [-0.25, -0.2) is 0 Å². The smallest absolute Gasteiger partial charge is 0.317 e. The molecule has 0 amide bonds. The van der Waals surface area contributed by atoms with Crippen molar-refractivity contribution in [1.82, 2.24) is 4.90 Å². The van der Waals surface area contributed by atoms with E-state index >= 15 is 0 Å². The third-order valence-corrected chi connectivity index (χ3v) is 3.73. The highest BCUT2D eigenvalue weighted by molar-refractivity contribution is 5.69. The summed E-state index contributed by atoms with van der Waals surface area (Å²) < 4.78 is 0. The van der Waals surface area contributed by atoms with Gasteiger partial charge in [-0.2, -0.15) is 0 Å². The first-order chi connectivity index (χ1) is 9.90. The predicted molar refractivity (Wildman–Crippen MR) is 80.2 cm³/mol. The lowest BCUT2D eigenvalue weighted by Gasteiger charge is -2.34. The van der Waals surface area contributed by atoms with Crippen molar-refractivity contribution < 1.29 is 14.8 Å². The van der Waals surface area contributed by atoms with Crippen LogP contribution in [0.1, 0.15) is 45.2 Å². The number of hydrogen-bond acceptors (Lipinski definition) is 4. The van der Waals surface area contributed by atoms with E-state index in [1.54, 1.807) is 6.07 Å². The molecule has 1 rings (SSSR count). The van der Waals surface area contributed by atoms with Crippen LogP contribution in [-0.2, 0) is 4.79 Å². The van der Waals surface area contributed by atoms with Crippen LogP contribution in [0.2, 0.25) is 0 Å². The lowest BCUT2D eigenvalue weighted by Crippen LogP contribution is -2.39. The quantitative estimate of drug-likeness (QED) is 0.588. The van der Waals surface area contributed by atoms with Crippen LogP contribution in [0.5, 0.6) is 0 Å². The molecule has 21 heavy (non-hydrogen) atoms. The van der Waals surface area contributed by atoms with Crippen molar-refractivity contribution in [2.75, 3.05) is 6.54 Å². The summed E-state index contributed by atoms with van der Waals surface area (Å²) in [5.41, 5.74) is 0.818. The number of non-ortho nitro benzene ring substituents is 1. The number of rotatable bonds is 8. The van der Waals surface area contributed by atoms with Gasteiger partial charge in [-0.15, -0.1) is 0 Å². The Labute approximate surface area is 124 Å². The number of nitrogens with zero attached hydrogens (tertiary/aromatic N) is 2. The van der Waals surface area contributed by atoms with Gasteiger partial charge in [-0.3, -0.25) is 19.8 Å². The normalized spacial score (nSPS) is 13.9. The molecule has 0 heterocycles. The maximum absolute atomic E-state index is 11.1. The highest BCUT2D eigenvalue weighted by atomic mass is 16.6. The van der Waals surface area contributed by atoms with E-state index in [0.717, 1.165) is 12.0 Å². The van der Waals surface area contributed by atoms with Gasteiger partial charge in [0.05, 0.1) is 11.5 Å². The van der Waals surface area contributed by atoms with Crippen molar-refractivity contribution in [3.05, 3.63) is 39.9 Å². The van der Waals surface area contributed by atoms with Crippen molar-refractivity contribution in [2.45, 2.75) is 45.7 Å². The zero-order chi connectivity index (χ0) is 16.0. The first-order valence-corrected chi connectivity index (χ1v) is 7.12. The molecule has 0 spiro atoms. The first-order valence-electron chi connectivity index (χ1n) is 7.12. The van der Waals surface area contributed by atoms with Crippen molar-refractivity contribution in [1.29, 1.82) is 0 Å². The minimum atomic E-state index is -0.890. The molecule has 1 aromatic carbocycles. The maximum Gasteiger partial charge on any atom is 0.317 e. The fraction of sp³-hybridized carbons (Fsp3) is 0.533. The summed E-state index contributed by atoms with van der Waals surface area (Å²) in [6.45, 7) is 5.86. The van der Waals surface area contributed by atoms with E-state index in [1.807, 2.05) is 31.7 Å². The number of carboxylic acid groups (broad SMARTS) is 1. The molecule has 1 N–H and O–H groups in total. The highest BCUT2D eigenvalue weighted by Gasteiger charge is 2.25. The molecule has 1 aromatic rings. The van der Waals surface area contributed by atoms with Gasteiger partial charge in [-0.05, 0) is 25.3 Å². The molecular weight excluding hydrogens is 272 g/mol. The Morgan fingerprint density at radius 2 is 2.05 bits per heavy atom. The Morgan fingerprint density at radius 1 is 1.38 bits per heavy atom. The molecule has 0 saturated carbocycles. The van der Waals surface area contributed by atoms with E-state index in [2.05, 4.69) is 0 Å². The minimum absolute atomic E-state index is 0.0328. The molecule has 0 radical (unpaired) electrons. The monoisotopic (exact) mass is 294 g/mol. The van der Waals surface area contributed by atoms with Crippen LogP contribution in [0.15, 0.2) is 24.3 Å². The highest BCUT2D eigenvalue weighted by Crippen LogP contribution is 2.29. The van der Waals surface area contributed by atoms with Crippen LogP contribution in [0.25, 0.3) is 0 Å². The molecule has 6 nitrogen and oxygen atoms in total. The number of aliphatic carboxylic acids is 1. The molecule has 2 atom stereocenters. The molecule has 0 saturated heterocycles. The van der Waals surface area contributed by atoms with Gasteiger partial charge in [0.1, 0.15) is 0 Å². The summed E-state index contributed by atoms with van der Waals surface area (Å²) in [6.07, 6.45) is 1.51. The average molecular weight is 294 g/mol. The molecule has 0 fully saturated rings. The van der Waals surface area contributed by atoms with Gasteiger partial charge in [0, 0.05) is 24.2 Å². The topological polar surface area (TPSA) is 83.7 Å². The van der Waals surface area contributed by atoms with E-state index < -0.39 is 10.9 Å². The lowest BCUT2D eigenvalue weighted by atomic mass is 9.99. The molecule has 116 valence electrons. The van der Waals surface area contributed by atoms with Crippen molar-refractivity contribution in [2.24, 2.45) is 0 Å². The number of carboxylic acids is 1. The van der Waals surface area contributed by atoms with E-state index in [0.29, 0.717) is 6.42 Å². The van der Waals surface area contributed by atoms with Crippen molar-refractivity contribution in [3.63, 3.8) is 0 Å². The van der Waals surface area contributed by atoms with Gasteiger partial charge < -0.3 is 5.11 Å². The van der Waals surface area contributed by atoms with Gasteiger partial charge >= 0.3 is 5.97 Å². The molecule has 0 bridgehead atoms. The molecule has 0 aliphatic carbocycles. The van der Waals surface area contributed by atoms with E-state index in [-0.39, 0.29) is 24.3 Å². The SMILES string of the molecule is CCC(C)N(CC(=O)O)C(CC)c1cccc([N+](=O)[O-])c1. The molecule has 6 heteroatoms. The second kappa shape index (κ2) is 7.73. The average Bonchev–Trinajstić information content (AvgIpc) is 2.46. The maximum atomic E-state index is 11.1. The number of nitro benzene ring substituents is 1. The van der Waals surface area contributed by atoms with Crippen molar-refractivity contribution >= 4 is 11.7 Å². The standard InChI is InChI=1S/C15H22N2O4/c1-4-11(3)16(10-15(18)19)14(5-2)12-7-6-8-13(9-12)17(20)21/h6-9,11,14H,4-5,10H2,1-3H3,(H,18,19). The zero-order valence-electron chi connectivity index (χ0n) is 12.7. The minimum Gasteiger partial charge on any atom is -0.480 e. The Kier molecular flexibility index (Phi) is 6.30.